The first kappa shape index (κ1) is 19.6. The highest BCUT2D eigenvalue weighted by atomic mass is 32.2. The molecule has 0 radical (unpaired) electrons. The topological polar surface area (TPSA) is 74.3 Å². The molecule has 5 fully saturated rings. The van der Waals surface area contributed by atoms with Gasteiger partial charge in [-0.2, -0.15) is 23.9 Å². The second-order valence-electron chi connectivity index (χ2n) is 9.73. The lowest BCUT2D eigenvalue weighted by atomic mass is 9.74. The summed E-state index contributed by atoms with van der Waals surface area (Å²) in [7, 11) is -3.52. The van der Waals surface area contributed by atoms with Crippen molar-refractivity contribution in [2.24, 2.45) is 23.7 Å². The van der Waals surface area contributed by atoms with Gasteiger partial charge in [-0.05, 0) is 49.7 Å². The molecular weight excluding hydrogens is 406 g/mol. The van der Waals surface area contributed by atoms with E-state index in [1.54, 1.807) is 24.3 Å². The van der Waals surface area contributed by atoms with E-state index >= 15 is 0 Å². The highest BCUT2D eigenvalue weighted by Gasteiger charge is 2.64. The lowest BCUT2D eigenvalue weighted by Gasteiger charge is -2.51. The van der Waals surface area contributed by atoms with Crippen LogP contribution in [0.4, 0.5) is 0 Å². The minimum Gasteiger partial charge on any atom is -0.207 e. The second kappa shape index (κ2) is 6.98. The fraction of sp³-hybridized carbons (Fsp3) is 0.727. The van der Waals surface area contributed by atoms with Crippen molar-refractivity contribution in [1.82, 2.24) is 4.31 Å². The Kier molecular flexibility index (Phi) is 4.57. The zero-order valence-electron chi connectivity index (χ0n) is 17.1. The predicted molar refractivity (Wildman–Crippen MR) is 106 cm³/mol. The molecule has 6 rings (SSSR count). The van der Waals surface area contributed by atoms with Crippen molar-refractivity contribution in [3.8, 4) is 0 Å². The van der Waals surface area contributed by atoms with Gasteiger partial charge in [-0.3, -0.25) is 0 Å². The van der Waals surface area contributed by atoms with E-state index in [1.165, 1.54) is 17.1 Å². The fourth-order valence-corrected chi connectivity index (χ4v) is 8.01. The molecule has 2 spiro atoms. The van der Waals surface area contributed by atoms with Crippen LogP contribution in [-0.4, -0.2) is 37.4 Å². The van der Waals surface area contributed by atoms with Gasteiger partial charge in [0.1, 0.15) is 0 Å². The van der Waals surface area contributed by atoms with Crippen LogP contribution in [0.15, 0.2) is 35.2 Å². The Morgan fingerprint density at radius 2 is 1.50 bits per heavy atom. The Bertz CT molecular complexity index is 887. The Balaban J connectivity index is 1.14. The summed E-state index contributed by atoms with van der Waals surface area (Å²) < 4.78 is 27.3. The number of hydrogen-bond donors (Lipinski definition) is 0. The first-order valence-corrected chi connectivity index (χ1v) is 12.7. The fourth-order valence-electron chi connectivity index (χ4n) is 6.55. The molecule has 0 amide bonds. The molecule has 3 bridgehead atoms. The van der Waals surface area contributed by atoms with Gasteiger partial charge >= 0.3 is 0 Å². The van der Waals surface area contributed by atoms with Crippen LogP contribution >= 0.6 is 0 Å². The molecule has 4 atom stereocenters. The van der Waals surface area contributed by atoms with Gasteiger partial charge in [0, 0.05) is 37.8 Å². The van der Waals surface area contributed by atoms with Crippen molar-refractivity contribution < 1.29 is 28.0 Å². The molecule has 7 nitrogen and oxygen atoms in total. The summed E-state index contributed by atoms with van der Waals surface area (Å²) in [6.07, 6.45) is 7.76. The molecule has 8 heteroatoms. The lowest BCUT2D eigenvalue weighted by molar-refractivity contribution is -0.675. The number of sulfonamides is 1. The number of nitrogens with zero attached hydrogens (tertiary/aromatic N) is 1. The molecule has 5 aliphatic rings. The van der Waals surface area contributed by atoms with Crippen LogP contribution in [0.1, 0.15) is 51.4 Å². The molecule has 3 saturated carbocycles. The molecule has 0 N–H and O–H groups in total. The summed E-state index contributed by atoms with van der Waals surface area (Å²) in [5.74, 6) is 0.394. The number of fused-ring (bicyclic) bond motifs is 4. The lowest BCUT2D eigenvalue weighted by Crippen LogP contribution is -2.61. The van der Waals surface area contributed by atoms with Crippen LogP contribution in [0.5, 0.6) is 0 Å². The summed E-state index contributed by atoms with van der Waals surface area (Å²) in [4.78, 5) is 24.4. The summed E-state index contributed by atoms with van der Waals surface area (Å²) in [5.41, 5.74) is 0. The van der Waals surface area contributed by atoms with Crippen LogP contribution < -0.4 is 0 Å². The quantitative estimate of drug-likeness (QED) is 0.661. The molecule has 3 aliphatic carbocycles. The maximum absolute atomic E-state index is 12.9. The molecule has 2 aliphatic heterocycles. The van der Waals surface area contributed by atoms with E-state index in [0.29, 0.717) is 42.7 Å². The van der Waals surface area contributed by atoms with Crippen LogP contribution in [-0.2, 0) is 29.6 Å². The standard InChI is InChI=1S/C22H29NO6S/c24-30(25,20-7-2-1-3-8-20)23-11-9-21(10-12-23)26-28-22(29-27-21)18-6-4-5-16-13-19(22)15-17(16)14-18/h1-3,7-8,16-19H,4-6,9-15H2. The van der Waals surface area contributed by atoms with E-state index in [0.717, 1.165) is 37.5 Å². The highest BCUT2D eigenvalue weighted by Crippen LogP contribution is 2.61. The van der Waals surface area contributed by atoms with Gasteiger partial charge < -0.3 is 0 Å². The van der Waals surface area contributed by atoms with Crippen LogP contribution in [0.25, 0.3) is 0 Å². The Hall–Kier alpha value is -1.03. The Morgan fingerprint density at radius 3 is 2.23 bits per heavy atom. The largest absolute Gasteiger partial charge is 0.243 e. The van der Waals surface area contributed by atoms with Crippen molar-refractivity contribution in [1.29, 1.82) is 0 Å². The average molecular weight is 436 g/mol. The van der Waals surface area contributed by atoms with Crippen molar-refractivity contribution in [2.75, 3.05) is 13.1 Å². The highest BCUT2D eigenvalue weighted by molar-refractivity contribution is 7.89. The van der Waals surface area contributed by atoms with Crippen molar-refractivity contribution in [2.45, 2.75) is 67.8 Å². The smallest absolute Gasteiger partial charge is 0.207 e. The molecule has 2 saturated heterocycles. The number of rotatable bonds is 2. The molecule has 1 aromatic rings. The van der Waals surface area contributed by atoms with Gasteiger partial charge in [-0.25, -0.2) is 8.42 Å². The van der Waals surface area contributed by atoms with E-state index in [1.807, 2.05) is 6.07 Å². The van der Waals surface area contributed by atoms with Gasteiger partial charge in [0.2, 0.25) is 21.6 Å². The van der Waals surface area contributed by atoms with E-state index in [-0.39, 0.29) is 0 Å². The first-order chi connectivity index (χ1) is 14.5. The normalized spacial score (nSPS) is 37.5. The van der Waals surface area contributed by atoms with Crippen LogP contribution in [0, 0.1) is 23.7 Å². The van der Waals surface area contributed by atoms with E-state index in [9.17, 15) is 8.42 Å². The van der Waals surface area contributed by atoms with E-state index in [4.69, 9.17) is 19.6 Å². The molecule has 164 valence electrons. The number of piperidine rings is 1. The van der Waals surface area contributed by atoms with Gasteiger partial charge in [0.05, 0.1) is 4.90 Å². The zero-order valence-corrected chi connectivity index (χ0v) is 17.9. The van der Waals surface area contributed by atoms with Crippen molar-refractivity contribution in [3.05, 3.63) is 30.3 Å². The summed E-state index contributed by atoms with van der Waals surface area (Å²) in [6.45, 7) is 0.599. The summed E-state index contributed by atoms with van der Waals surface area (Å²) >= 11 is 0. The van der Waals surface area contributed by atoms with Gasteiger partial charge in [0.25, 0.3) is 0 Å². The minimum absolute atomic E-state index is 0.300. The van der Waals surface area contributed by atoms with Gasteiger partial charge in [-0.15, -0.1) is 0 Å². The molecule has 30 heavy (non-hydrogen) atoms. The van der Waals surface area contributed by atoms with Gasteiger partial charge in [-0.1, -0.05) is 31.0 Å². The molecule has 2 heterocycles. The number of hydrogen-bond acceptors (Lipinski definition) is 6. The van der Waals surface area contributed by atoms with Crippen molar-refractivity contribution >= 4 is 10.0 Å². The minimum atomic E-state index is -3.52. The predicted octanol–water partition coefficient (Wildman–Crippen LogP) is 3.62. The molecule has 1 aromatic carbocycles. The van der Waals surface area contributed by atoms with E-state index in [2.05, 4.69) is 0 Å². The third-order valence-corrected chi connectivity index (χ3v) is 10.1. The van der Waals surface area contributed by atoms with Crippen LogP contribution in [0.2, 0.25) is 0 Å². The third kappa shape index (κ3) is 2.92. The second-order valence-corrected chi connectivity index (χ2v) is 11.7. The van der Waals surface area contributed by atoms with E-state index < -0.39 is 21.6 Å². The first-order valence-electron chi connectivity index (χ1n) is 11.3. The maximum Gasteiger partial charge on any atom is 0.243 e. The monoisotopic (exact) mass is 435 g/mol. The molecular formula is C22H29NO6S. The summed E-state index contributed by atoms with van der Waals surface area (Å²) in [5, 5.41) is 0. The number of benzene rings is 1. The summed E-state index contributed by atoms with van der Waals surface area (Å²) in [6, 6.07) is 8.53. The third-order valence-electron chi connectivity index (χ3n) is 8.21. The molecule has 0 aromatic heterocycles. The zero-order chi connectivity index (χ0) is 20.4. The average Bonchev–Trinajstić information content (AvgIpc) is 3.03. The Morgan fingerprint density at radius 1 is 0.833 bits per heavy atom. The SMILES string of the molecule is O=S(=O)(c1ccccc1)N1CCC2(CC1)OOC1(OO2)C2CCCC3CC1CC3C2. The molecule has 4 unspecified atom stereocenters. The van der Waals surface area contributed by atoms with Gasteiger partial charge in [0.15, 0.2) is 0 Å². The van der Waals surface area contributed by atoms with Crippen LogP contribution in [0.3, 0.4) is 0 Å². The van der Waals surface area contributed by atoms with Crippen molar-refractivity contribution in [3.63, 3.8) is 0 Å². The Labute approximate surface area is 177 Å². The maximum atomic E-state index is 12.9.